The molecule has 0 aliphatic carbocycles. The van der Waals surface area contributed by atoms with Crippen molar-refractivity contribution >= 4 is 17.9 Å². The highest BCUT2D eigenvalue weighted by atomic mass is 16.4. The minimum atomic E-state index is -1.66. The van der Waals surface area contributed by atoms with Crippen molar-refractivity contribution < 1.29 is 24.6 Å². The third-order valence-electron chi connectivity index (χ3n) is 2.23. The van der Waals surface area contributed by atoms with Crippen molar-refractivity contribution in [3.63, 3.8) is 0 Å². The Morgan fingerprint density at radius 3 is 2.22 bits per heavy atom. The van der Waals surface area contributed by atoms with E-state index in [-0.39, 0.29) is 12.5 Å². The maximum Gasteiger partial charge on any atom is 0.334 e. The number of rotatable bonds is 6. The van der Waals surface area contributed by atoms with Gasteiger partial charge in [-0.05, 0) is 6.92 Å². The highest BCUT2D eigenvalue weighted by Crippen LogP contribution is 1.92. The SMILES string of the molecule is CCN(CC(=O)N(C)C)C(=O)NCC(O)C(=O)O. The van der Waals surface area contributed by atoms with E-state index in [0.29, 0.717) is 6.54 Å². The molecule has 0 bridgehead atoms. The molecule has 0 aliphatic heterocycles. The molecule has 0 aliphatic rings. The Bertz CT molecular complexity index is 319. The molecule has 3 amide bonds. The molecule has 0 radical (unpaired) electrons. The second-order valence-electron chi connectivity index (χ2n) is 3.84. The second-order valence-corrected chi connectivity index (χ2v) is 3.84. The Labute approximate surface area is 105 Å². The number of carbonyl (C=O) groups is 3. The summed E-state index contributed by atoms with van der Waals surface area (Å²) in [5.74, 6) is -1.66. The molecule has 8 heteroatoms. The van der Waals surface area contributed by atoms with E-state index in [2.05, 4.69) is 5.32 Å². The molecule has 8 nitrogen and oxygen atoms in total. The first-order valence-corrected chi connectivity index (χ1v) is 5.43. The van der Waals surface area contributed by atoms with Gasteiger partial charge in [-0.25, -0.2) is 9.59 Å². The van der Waals surface area contributed by atoms with Crippen LogP contribution in [0.5, 0.6) is 0 Å². The van der Waals surface area contributed by atoms with Gasteiger partial charge in [-0.1, -0.05) is 0 Å². The van der Waals surface area contributed by atoms with Gasteiger partial charge in [0, 0.05) is 20.6 Å². The average molecular weight is 261 g/mol. The summed E-state index contributed by atoms with van der Waals surface area (Å²) in [5, 5.41) is 19.7. The van der Waals surface area contributed by atoms with Crippen molar-refractivity contribution in [3.05, 3.63) is 0 Å². The van der Waals surface area contributed by atoms with Crippen LogP contribution in [0.4, 0.5) is 4.79 Å². The Balaban J connectivity index is 4.27. The van der Waals surface area contributed by atoms with Crippen LogP contribution in [-0.4, -0.2) is 77.8 Å². The lowest BCUT2D eigenvalue weighted by Crippen LogP contribution is -2.47. The number of amides is 3. The van der Waals surface area contributed by atoms with Gasteiger partial charge in [0.15, 0.2) is 6.10 Å². The number of carboxylic acids is 1. The van der Waals surface area contributed by atoms with Crippen LogP contribution in [0.3, 0.4) is 0 Å². The van der Waals surface area contributed by atoms with E-state index in [4.69, 9.17) is 10.2 Å². The summed E-state index contributed by atoms with van der Waals surface area (Å²) >= 11 is 0. The Kier molecular flexibility index (Phi) is 6.73. The molecule has 0 spiro atoms. The van der Waals surface area contributed by atoms with Crippen LogP contribution in [0.1, 0.15) is 6.92 Å². The zero-order valence-electron chi connectivity index (χ0n) is 10.7. The van der Waals surface area contributed by atoms with Gasteiger partial charge >= 0.3 is 12.0 Å². The molecule has 0 aromatic rings. The Morgan fingerprint density at radius 2 is 1.83 bits per heavy atom. The van der Waals surface area contributed by atoms with Crippen LogP contribution in [0.15, 0.2) is 0 Å². The summed E-state index contributed by atoms with van der Waals surface area (Å²) in [6, 6.07) is -0.590. The first kappa shape index (κ1) is 16.2. The van der Waals surface area contributed by atoms with Crippen LogP contribution < -0.4 is 5.32 Å². The fourth-order valence-electron chi connectivity index (χ4n) is 1.02. The van der Waals surface area contributed by atoms with Crippen LogP contribution in [-0.2, 0) is 9.59 Å². The van der Waals surface area contributed by atoms with E-state index >= 15 is 0 Å². The van der Waals surface area contributed by atoms with E-state index in [1.165, 1.54) is 9.80 Å². The highest BCUT2D eigenvalue weighted by Gasteiger charge is 2.19. The normalized spacial score (nSPS) is 11.6. The summed E-state index contributed by atoms with van der Waals surface area (Å²) in [4.78, 5) is 35.9. The fraction of sp³-hybridized carbons (Fsp3) is 0.700. The number of nitrogens with one attached hydrogen (secondary N) is 1. The molecule has 3 N–H and O–H groups in total. The molecule has 0 aromatic heterocycles. The van der Waals surface area contributed by atoms with Crippen molar-refractivity contribution in [2.24, 2.45) is 0 Å². The number of hydrogen-bond acceptors (Lipinski definition) is 4. The molecule has 104 valence electrons. The Morgan fingerprint density at radius 1 is 1.28 bits per heavy atom. The summed E-state index contributed by atoms with van der Waals surface area (Å²) in [6.45, 7) is 1.49. The smallest absolute Gasteiger partial charge is 0.334 e. The third-order valence-corrected chi connectivity index (χ3v) is 2.23. The monoisotopic (exact) mass is 261 g/mol. The van der Waals surface area contributed by atoms with Crippen molar-refractivity contribution in [3.8, 4) is 0 Å². The van der Waals surface area contributed by atoms with Crippen molar-refractivity contribution in [2.75, 3.05) is 33.7 Å². The first-order chi connectivity index (χ1) is 8.29. The maximum absolute atomic E-state index is 11.6. The zero-order chi connectivity index (χ0) is 14.3. The van der Waals surface area contributed by atoms with Crippen LogP contribution >= 0.6 is 0 Å². The number of carbonyl (C=O) groups excluding carboxylic acids is 2. The zero-order valence-corrected chi connectivity index (χ0v) is 10.7. The summed E-state index contributed by atoms with van der Waals surface area (Å²) in [5.41, 5.74) is 0. The largest absolute Gasteiger partial charge is 0.479 e. The molecule has 18 heavy (non-hydrogen) atoms. The molecule has 0 heterocycles. The average Bonchev–Trinajstić information content (AvgIpc) is 2.31. The lowest BCUT2D eigenvalue weighted by atomic mass is 10.3. The van der Waals surface area contributed by atoms with Gasteiger partial charge in [-0.15, -0.1) is 0 Å². The number of likely N-dealkylation sites (N-methyl/N-ethyl adjacent to an activating group) is 2. The van der Waals surface area contributed by atoms with Gasteiger partial charge < -0.3 is 25.3 Å². The first-order valence-electron chi connectivity index (χ1n) is 5.43. The predicted octanol–water partition coefficient (Wildman–Crippen LogP) is -1.45. The van der Waals surface area contributed by atoms with Gasteiger partial charge in [-0.2, -0.15) is 0 Å². The van der Waals surface area contributed by atoms with Gasteiger partial charge in [0.1, 0.15) is 6.54 Å². The molecular weight excluding hydrogens is 242 g/mol. The van der Waals surface area contributed by atoms with Gasteiger partial charge in [0.25, 0.3) is 0 Å². The predicted molar refractivity (Wildman–Crippen MR) is 63.0 cm³/mol. The topological polar surface area (TPSA) is 110 Å². The molecule has 1 atom stereocenters. The van der Waals surface area contributed by atoms with Crippen molar-refractivity contribution in [2.45, 2.75) is 13.0 Å². The second kappa shape index (κ2) is 7.49. The van der Waals surface area contributed by atoms with Gasteiger partial charge in [0.05, 0.1) is 6.54 Å². The molecule has 0 saturated carbocycles. The van der Waals surface area contributed by atoms with Crippen LogP contribution in [0.2, 0.25) is 0 Å². The molecule has 0 rings (SSSR count). The van der Waals surface area contributed by atoms with E-state index in [1.807, 2.05) is 0 Å². The van der Waals surface area contributed by atoms with Gasteiger partial charge in [0.2, 0.25) is 5.91 Å². The summed E-state index contributed by atoms with van der Waals surface area (Å²) in [6.07, 6.45) is -1.66. The number of aliphatic hydroxyl groups is 1. The van der Waals surface area contributed by atoms with E-state index in [0.717, 1.165) is 0 Å². The minimum Gasteiger partial charge on any atom is -0.479 e. The lowest BCUT2D eigenvalue weighted by molar-refractivity contribution is -0.146. The van der Waals surface area contributed by atoms with E-state index in [9.17, 15) is 14.4 Å². The van der Waals surface area contributed by atoms with Crippen LogP contribution in [0.25, 0.3) is 0 Å². The van der Waals surface area contributed by atoms with E-state index < -0.39 is 24.6 Å². The van der Waals surface area contributed by atoms with Crippen molar-refractivity contribution in [1.29, 1.82) is 0 Å². The lowest BCUT2D eigenvalue weighted by Gasteiger charge is -2.22. The molecule has 0 saturated heterocycles. The Hall–Kier alpha value is -1.83. The standard InChI is InChI=1S/C10H19N3O5/c1-4-13(6-8(15)12(2)3)10(18)11-5-7(14)9(16)17/h7,14H,4-6H2,1-3H3,(H,11,18)(H,16,17). The number of hydrogen-bond donors (Lipinski definition) is 3. The van der Waals surface area contributed by atoms with Crippen molar-refractivity contribution in [1.82, 2.24) is 15.1 Å². The maximum atomic E-state index is 11.6. The highest BCUT2D eigenvalue weighted by molar-refractivity contribution is 5.84. The third kappa shape index (κ3) is 5.48. The molecule has 0 aromatic carbocycles. The number of carboxylic acid groups (broad SMARTS) is 1. The number of urea groups is 1. The number of aliphatic hydroxyl groups excluding tert-OH is 1. The van der Waals surface area contributed by atoms with Crippen LogP contribution in [0, 0.1) is 0 Å². The molecule has 1 unspecified atom stereocenters. The number of nitrogens with zero attached hydrogens (tertiary/aromatic N) is 2. The molecule has 0 fully saturated rings. The fourth-order valence-corrected chi connectivity index (χ4v) is 1.02. The quantitative estimate of drug-likeness (QED) is 0.542. The minimum absolute atomic E-state index is 0.0987. The van der Waals surface area contributed by atoms with E-state index in [1.54, 1.807) is 21.0 Å². The summed E-state index contributed by atoms with van der Waals surface area (Å²) in [7, 11) is 3.14. The number of aliphatic carboxylic acids is 1. The van der Waals surface area contributed by atoms with Gasteiger partial charge in [-0.3, -0.25) is 4.79 Å². The molecular formula is C10H19N3O5. The summed E-state index contributed by atoms with van der Waals surface area (Å²) < 4.78 is 0.